The number of benzene rings is 1. The third-order valence-corrected chi connectivity index (χ3v) is 3.89. The minimum atomic E-state index is -0.978. The quantitative estimate of drug-likeness (QED) is 0.911. The molecule has 0 spiro atoms. The summed E-state index contributed by atoms with van der Waals surface area (Å²) in [4.78, 5) is 38.6. The minimum absolute atomic E-state index is 0.103. The second-order valence-corrected chi connectivity index (χ2v) is 5.60. The fourth-order valence-electron chi connectivity index (χ4n) is 2.90. The molecule has 0 radical (unpaired) electrons. The van der Waals surface area contributed by atoms with Crippen LogP contribution in [0.1, 0.15) is 30.6 Å². The average Bonchev–Trinajstić information content (AvgIpc) is 2.46. The summed E-state index contributed by atoms with van der Waals surface area (Å²) in [5.74, 6) is -1.27. The van der Waals surface area contributed by atoms with Crippen molar-refractivity contribution in [2.75, 3.05) is 13.1 Å². The van der Waals surface area contributed by atoms with Crippen LogP contribution < -0.4 is 0 Å². The highest BCUT2D eigenvalue weighted by molar-refractivity contribution is 5.95. The summed E-state index contributed by atoms with van der Waals surface area (Å²) < 4.78 is 0. The molecule has 1 heterocycles. The van der Waals surface area contributed by atoms with Gasteiger partial charge in [-0.25, -0.2) is 0 Å². The third kappa shape index (κ3) is 3.44. The van der Waals surface area contributed by atoms with E-state index in [4.69, 9.17) is 5.11 Å². The molecule has 2 atom stereocenters. The molecular weight excluding hydrogens is 284 g/mol. The summed E-state index contributed by atoms with van der Waals surface area (Å²) in [5, 5.41) is 9.11. The molecule has 0 aromatic heterocycles. The Morgan fingerprint density at radius 2 is 1.82 bits per heavy atom. The van der Waals surface area contributed by atoms with E-state index in [1.807, 2.05) is 13.0 Å². The van der Waals surface area contributed by atoms with Gasteiger partial charge in [-0.3, -0.25) is 14.4 Å². The molecule has 1 aliphatic rings. The maximum absolute atomic E-state index is 12.7. The standard InChI is InChI=1S/C16H20N2O4/c1-11-9-17(12(2)19)10-14(8-15(20)21)18(11)16(22)13-6-4-3-5-7-13/h3-7,11,14H,8-10H2,1-2H3,(H,20,21)/t11-,14+/m1/s1. The van der Waals surface area contributed by atoms with Gasteiger partial charge in [-0.2, -0.15) is 0 Å². The summed E-state index contributed by atoms with van der Waals surface area (Å²) in [6.45, 7) is 3.97. The molecule has 0 aliphatic carbocycles. The summed E-state index contributed by atoms with van der Waals surface area (Å²) >= 11 is 0. The maximum Gasteiger partial charge on any atom is 0.305 e. The molecule has 1 N–H and O–H groups in total. The van der Waals surface area contributed by atoms with E-state index in [9.17, 15) is 14.4 Å². The molecule has 1 saturated heterocycles. The zero-order valence-electron chi connectivity index (χ0n) is 12.7. The number of rotatable bonds is 3. The van der Waals surface area contributed by atoms with Gasteiger partial charge in [-0.15, -0.1) is 0 Å². The van der Waals surface area contributed by atoms with E-state index in [1.54, 1.807) is 34.1 Å². The molecule has 1 aliphatic heterocycles. The Hall–Kier alpha value is -2.37. The number of carbonyl (C=O) groups is 3. The lowest BCUT2D eigenvalue weighted by atomic mass is 10.0. The van der Waals surface area contributed by atoms with Crippen molar-refractivity contribution in [3.8, 4) is 0 Å². The number of nitrogens with zero attached hydrogens (tertiary/aromatic N) is 2. The van der Waals surface area contributed by atoms with Crippen LogP contribution in [0.4, 0.5) is 0 Å². The molecule has 0 bridgehead atoms. The van der Waals surface area contributed by atoms with Gasteiger partial charge in [-0.05, 0) is 19.1 Å². The Balaban J connectivity index is 2.27. The third-order valence-electron chi connectivity index (χ3n) is 3.89. The van der Waals surface area contributed by atoms with E-state index in [0.29, 0.717) is 12.1 Å². The number of carboxylic acids is 1. The summed E-state index contributed by atoms with van der Waals surface area (Å²) in [6, 6.07) is 8.05. The molecule has 6 nitrogen and oxygen atoms in total. The van der Waals surface area contributed by atoms with Crippen molar-refractivity contribution in [1.29, 1.82) is 0 Å². The van der Waals surface area contributed by atoms with Gasteiger partial charge in [0.05, 0.1) is 12.5 Å². The average molecular weight is 304 g/mol. The minimum Gasteiger partial charge on any atom is -0.481 e. The lowest BCUT2D eigenvalue weighted by Gasteiger charge is -2.45. The van der Waals surface area contributed by atoms with Crippen LogP contribution in [0.15, 0.2) is 30.3 Å². The van der Waals surface area contributed by atoms with E-state index < -0.39 is 12.0 Å². The molecule has 1 fully saturated rings. The predicted molar refractivity (Wildman–Crippen MR) is 80.4 cm³/mol. The number of hydrogen-bond acceptors (Lipinski definition) is 3. The molecule has 22 heavy (non-hydrogen) atoms. The highest BCUT2D eigenvalue weighted by atomic mass is 16.4. The number of carbonyl (C=O) groups excluding carboxylic acids is 2. The summed E-state index contributed by atoms with van der Waals surface area (Å²) in [6.07, 6.45) is -0.174. The van der Waals surface area contributed by atoms with Gasteiger partial charge in [-0.1, -0.05) is 18.2 Å². The van der Waals surface area contributed by atoms with Gasteiger partial charge >= 0.3 is 5.97 Å². The van der Waals surface area contributed by atoms with E-state index in [2.05, 4.69) is 0 Å². The van der Waals surface area contributed by atoms with Crippen LogP contribution in [-0.4, -0.2) is 57.9 Å². The fourth-order valence-corrected chi connectivity index (χ4v) is 2.90. The molecule has 2 amide bonds. The van der Waals surface area contributed by atoms with Gasteiger partial charge in [0.25, 0.3) is 5.91 Å². The van der Waals surface area contributed by atoms with Gasteiger partial charge in [0.1, 0.15) is 0 Å². The van der Waals surface area contributed by atoms with Crippen LogP contribution in [0.3, 0.4) is 0 Å². The smallest absolute Gasteiger partial charge is 0.305 e. The lowest BCUT2D eigenvalue weighted by Crippen LogP contribution is -2.60. The van der Waals surface area contributed by atoms with Crippen LogP contribution in [0.2, 0.25) is 0 Å². The molecule has 0 saturated carbocycles. The first kappa shape index (κ1) is 16.0. The number of piperazine rings is 1. The van der Waals surface area contributed by atoms with Crippen molar-refractivity contribution in [3.05, 3.63) is 35.9 Å². The van der Waals surface area contributed by atoms with Crippen LogP contribution in [0.25, 0.3) is 0 Å². The van der Waals surface area contributed by atoms with Gasteiger partial charge < -0.3 is 14.9 Å². The Morgan fingerprint density at radius 1 is 1.18 bits per heavy atom. The first-order valence-corrected chi connectivity index (χ1v) is 7.25. The zero-order valence-corrected chi connectivity index (χ0v) is 12.7. The highest BCUT2D eigenvalue weighted by Gasteiger charge is 2.37. The number of carboxylic acid groups (broad SMARTS) is 1. The first-order chi connectivity index (χ1) is 10.4. The van der Waals surface area contributed by atoms with Crippen molar-refractivity contribution in [3.63, 3.8) is 0 Å². The molecule has 118 valence electrons. The summed E-state index contributed by atoms with van der Waals surface area (Å²) in [5.41, 5.74) is 0.529. The van der Waals surface area contributed by atoms with Crippen molar-refractivity contribution in [1.82, 2.24) is 9.80 Å². The normalized spacial score (nSPS) is 21.5. The number of aliphatic carboxylic acids is 1. The molecule has 1 aromatic rings. The SMILES string of the molecule is CC(=O)N1C[C@H](CC(=O)O)N(C(=O)c2ccccc2)[C@H](C)C1. The molecule has 2 rings (SSSR count). The van der Waals surface area contributed by atoms with Crippen molar-refractivity contribution in [2.24, 2.45) is 0 Å². The van der Waals surface area contributed by atoms with Crippen LogP contribution in [0.5, 0.6) is 0 Å². The van der Waals surface area contributed by atoms with Crippen molar-refractivity contribution >= 4 is 17.8 Å². The van der Waals surface area contributed by atoms with Crippen molar-refractivity contribution in [2.45, 2.75) is 32.4 Å². The lowest BCUT2D eigenvalue weighted by molar-refractivity contribution is -0.141. The van der Waals surface area contributed by atoms with Crippen LogP contribution >= 0.6 is 0 Å². The van der Waals surface area contributed by atoms with E-state index in [-0.39, 0.29) is 30.8 Å². The Labute approximate surface area is 129 Å². The van der Waals surface area contributed by atoms with Gasteiger partial charge in [0.15, 0.2) is 0 Å². The maximum atomic E-state index is 12.7. The predicted octanol–water partition coefficient (Wildman–Crippen LogP) is 1.22. The zero-order chi connectivity index (χ0) is 16.3. The Kier molecular flexibility index (Phi) is 4.80. The second-order valence-electron chi connectivity index (χ2n) is 5.60. The molecule has 0 unspecified atom stereocenters. The fraction of sp³-hybridized carbons (Fsp3) is 0.438. The van der Waals surface area contributed by atoms with Crippen LogP contribution in [-0.2, 0) is 9.59 Å². The topological polar surface area (TPSA) is 77.9 Å². The number of hydrogen-bond donors (Lipinski definition) is 1. The van der Waals surface area contributed by atoms with Crippen molar-refractivity contribution < 1.29 is 19.5 Å². The largest absolute Gasteiger partial charge is 0.481 e. The van der Waals surface area contributed by atoms with E-state index >= 15 is 0 Å². The van der Waals surface area contributed by atoms with Gasteiger partial charge in [0.2, 0.25) is 5.91 Å². The van der Waals surface area contributed by atoms with Crippen LogP contribution in [0, 0.1) is 0 Å². The monoisotopic (exact) mass is 304 g/mol. The Bertz CT molecular complexity index is 573. The highest BCUT2D eigenvalue weighted by Crippen LogP contribution is 2.21. The first-order valence-electron chi connectivity index (χ1n) is 7.25. The second kappa shape index (κ2) is 6.60. The molecule has 1 aromatic carbocycles. The molecule has 6 heteroatoms. The number of amides is 2. The molecular formula is C16H20N2O4. The van der Waals surface area contributed by atoms with E-state index in [0.717, 1.165) is 0 Å². The van der Waals surface area contributed by atoms with E-state index in [1.165, 1.54) is 6.92 Å². The van der Waals surface area contributed by atoms with Gasteiger partial charge in [0, 0.05) is 31.6 Å². The summed E-state index contributed by atoms with van der Waals surface area (Å²) in [7, 11) is 0. The Morgan fingerprint density at radius 3 is 2.36 bits per heavy atom.